The van der Waals surface area contributed by atoms with E-state index in [1.807, 2.05) is 0 Å². The van der Waals surface area contributed by atoms with E-state index in [1.54, 1.807) is 11.9 Å². The fraction of sp³-hybridized carbons (Fsp3) is 0.400. The minimum absolute atomic E-state index is 1.09. The Balaban J connectivity index is 2.16. The predicted molar refractivity (Wildman–Crippen MR) is 56.3 cm³/mol. The van der Waals surface area contributed by atoms with Gasteiger partial charge in [0.2, 0.25) is 0 Å². The first kappa shape index (κ1) is 9.62. The van der Waals surface area contributed by atoms with Crippen LogP contribution >= 0.6 is 11.9 Å². The highest BCUT2D eigenvalue weighted by Crippen LogP contribution is 2.01. The molecule has 0 bridgehead atoms. The zero-order valence-corrected chi connectivity index (χ0v) is 8.23. The molecule has 1 nitrogen and oxygen atoms in total. The molecular formula is C10H15NS. The molecule has 66 valence electrons. The van der Waals surface area contributed by atoms with Crippen LogP contribution in [0.25, 0.3) is 0 Å². The highest BCUT2D eigenvalue weighted by molar-refractivity contribution is 7.96. The van der Waals surface area contributed by atoms with Crippen LogP contribution in [0.2, 0.25) is 0 Å². The fourth-order valence-electron chi connectivity index (χ4n) is 1.11. The first-order chi connectivity index (χ1) is 5.93. The number of rotatable bonds is 5. The Bertz CT molecular complexity index is 198. The third-order valence-electron chi connectivity index (χ3n) is 1.73. The summed E-state index contributed by atoms with van der Waals surface area (Å²) in [5.74, 6) is 0. The summed E-state index contributed by atoms with van der Waals surface area (Å²) in [5.41, 5.74) is 1.43. The Morgan fingerprint density at radius 2 is 2.00 bits per heavy atom. The first-order valence-corrected chi connectivity index (χ1v) is 5.45. The van der Waals surface area contributed by atoms with Crippen LogP contribution in [0, 0.1) is 0 Å². The summed E-state index contributed by atoms with van der Waals surface area (Å²) in [6.45, 7) is 1.09. The second-order valence-electron chi connectivity index (χ2n) is 2.69. The highest BCUT2D eigenvalue weighted by atomic mass is 32.2. The van der Waals surface area contributed by atoms with Gasteiger partial charge in [-0.25, -0.2) is 0 Å². The van der Waals surface area contributed by atoms with Gasteiger partial charge in [0.25, 0.3) is 0 Å². The summed E-state index contributed by atoms with van der Waals surface area (Å²) in [7, 11) is 0. The molecule has 0 atom stereocenters. The molecule has 0 saturated carbocycles. The van der Waals surface area contributed by atoms with Crippen molar-refractivity contribution in [2.75, 3.05) is 12.8 Å². The van der Waals surface area contributed by atoms with Crippen molar-refractivity contribution in [1.82, 2.24) is 4.72 Å². The average molecular weight is 181 g/mol. The summed E-state index contributed by atoms with van der Waals surface area (Å²) in [4.78, 5) is 0. The Kier molecular flexibility index (Phi) is 4.88. The van der Waals surface area contributed by atoms with Crippen molar-refractivity contribution in [1.29, 1.82) is 0 Å². The quantitative estimate of drug-likeness (QED) is 0.553. The van der Waals surface area contributed by atoms with Crippen molar-refractivity contribution in [3.05, 3.63) is 35.9 Å². The van der Waals surface area contributed by atoms with Crippen LogP contribution in [0.3, 0.4) is 0 Å². The van der Waals surface area contributed by atoms with E-state index >= 15 is 0 Å². The van der Waals surface area contributed by atoms with Crippen LogP contribution in [-0.4, -0.2) is 12.8 Å². The molecule has 2 heteroatoms. The lowest BCUT2D eigenvalue weighted by Crippen LogP contribution is -2.05. The normalized spacial score (nSPS) is 10.1. The number of aryl methyl sites for hydroxylation is 1. The third kappa shape index (κ3) is 3.79. The summed E-state index contributed by atoms with van der Waals surface area (Å²) in [6.07, 6.45) is 4.45. The van der Waals surface area contributed by atoms with Gasteiger partial charge in [0.1, 0.15) is 0 Å². The molecule has 0 unspecified atom stereocenters. The number of hydrogen-bond donors (Lipinski definition) is 1. The van der Waals surface area contributed by atoms with Gasteiger partial charge in [0.15, 0.2) is 0 Å². The SMILES string of the molecule is CSNCCCc1ccccc1. The van der Waals surface area contributed by atoms with Gasteiger partial charge in [0.05, 0.1) is 0 Å². The molecule has 0 aliphatic rings. The molecule has 0 fully saturated rings. The van der Waals surface area contributed by atoms with Gasteiger partial charge in [-0.15, -0.1) is 0 Å². The van der Waals surface area contributed by atoms with E-state index in [0.29, 0.717) is 0 Å². The number of hydrogen-bond acceptors (Lipinski definition) is 2. The van der Waals surface area contributed by atoms with Crippen LogP contribution in [0.5, 0.6) is 0 Å². The molecule has 0 radical (unpaired) electrons. The Morgan fingerprint density at radius 3 is 2.67 bits per heavy atom. The highest BCUT2D eigenvalue weighted by Gasteiger charge is 1.90. The minimum atomic E-state index is 1.09. The molecule has 1 aromatic rings. The van der Waals surface area contributed by atoms with E-state index in [4.69, 9.17) is 0 Å². The zero-order chi connectivity index (χ0) is 8.65. The maximum absolute atomic E-state index is 3.24. The van der Waals surface area contributed by atoms with Gasteiger partial charge in [0, 0.05) is 6.54 Å². The van der Waals surface area contributed by atoms with Crippen molar-refractivity contribution < 1.29 is 0 Å². The Hall–Kier alpha value is -0.470. The summed E-state index contributed by atoms with van der Waals surface area (Å²) < 4.78 is 3.24. The smallest absolute Gasteiger partial charge is 0.00615 e. The predicted octanol–water partition coefficient (Wildman–Crippen LogP) is 2.49. The molecule has 12 heavy (non-hydrogen) atoms. The van der Waals surface area contributed by atoms with E-state index in [1.165, 1.54) is 18.4 Å². The lowest BCUT2D eigenvalue weighted by Gasteiger charge is -2.00. The molecule has 1 N–H and O–H groups in total. The van der Waals surface area contributed by atoms with Crippen LogP contribution in [0.15, 0.2) is 30.3 Å². The van der Waals surface area contributed by atoms with E-state index in [0.717, 1.165) is 6.54 Å². The maximum Gasteiger partial charge on any atom is 0.00615 e. The summed E-state index contributed by atoms with van der Waals surface area (Å²) >= 11 is 1.69. The zero-order valence-electron chi connectivity index (χ0n) is 7.42. The number of nitrogens with one attached hydrogen (secondary N) is 1. The second kappa shape index (κ2) is 6.09. The van der Waals surface area contributed by atoms with Crippen LogP contribution in [0.1, 0.15) is 12.0 Å². The lowest BCUT2D eigenvalue weighted by atomic mass is 10.1. The molecule has 0 amide bonds. The summed E-state index contributed by atoms with van der Waals surface area (Å²) in [6, 6.07) is 10.6. The molecule has 0 aliphatic heterocycles. The molecular weight excluding hydrogens is 166 g/mol. The second-order valence-corrected chi connectivity index (χ2v) is 3.38. The van der Waals surface area contributed by atoms with Crippen molar-refractivity contribution >= 4 is 11.9 Å². The van der Waals surface area contributed by atoms with Gasteiger partial charge in [-0.05, 0) is 24.7 Å². The van der Waals surface area contributed by atoms with E-state index < -0.39 is 0 Å². The van der Waals surface area contributed by atoms with Crippen molar-refractivity contribution in [3.63, 3.8) is 0 Å². The van der Waals surface area contributed by atoms with Gasteiger partial charge in [-0.1, -0.05) is 42.3 Å². The summed E-state index contributed by atoms with van der Waals surface area (Å²) in [5, 5.41) is 0. The standard InChI is InChI=1S/C10H15NS/c1-12-11-9-5-8-10-6-3-2-4-7-10/h2-4,6-7,11H,5,8-9H2,1H3. The molecule has 1 rings (SSSR count). The Morgan fingerprint density at radius 1 is 1.25 bits per heavy atom. The molecule has 0 aromatic heterocycles. The molecule has 0 heterocycles. The van der Waals surface area contributed by atoms with E-state index in [-0.39, 0.29) is 0 Å². The van der Waals surface area contributed by atoms with Gasteiger partial charge in [-0.3, -0.25) is 4.72 Å². The molecule has 0 spiro atoms. The van der Waals surface area contributed by atoms with E-state index in [2.05, 4.69) is 41.3 Å². The van der Waals surface area contributed by atoms with Gasteiger partial charge in [-0.2, -0.15) is 0 Å². The monoisotopic (exact) mass is 181 g/mol. The molecule has 1 aromatic carbocycles. The number of benzene rings is 1. The third-order valence-corrected chi connectivity index (χ3v) is 2.22. The fourth-order valence-corrected chi connectivity index (χ4v) is 1.46. The minimum Gasteiger partial charge on any atom is -0.264 e. The van der Waals surface area contributed by atoms with Crippen LogP contribution < -0.4 is 4.72 Å². The largest absolute Gasteiger partial charge is 0.264 e. The van der Waals surface area contributed by atoms with Crippen LogP contribution in [0.4, 0.5) is 0 Å². The van der Waals surface area contributed by atoms with Gasteiger partial charge < -0.3 is 0 Å². The Labute approximate surface area is 78.7 Å². The molecule has 0 aliphatic carbocycles. The van der Waals surface area contributed by atoms with E-state index in [9.17, 15) is 0 Å². The lowest BCUT2D eigenvalue weighted by molar-refractivity contribution is 0.799. The van der Waals surface area contributed by atoms with Crippen molar-refractivity contribution in [3.8, 4) is 0 Å². The maximum atomic E-state index is 3.24. The first-order valence-electron chi connectivity index (χ1n) is 4.23. The van der Waals surface area contributed by atoms with Gasteiger partial charge >= 0.3 is 0 Å². The molecule has 0 saturated heterocycles. The van der Waals surface area contributed by atoms with Crippen molar-refractivity contribution in [2.24, 2.45) is 0 Å². The average Bonchev–Trinajstić information content (AvgIpc) is 2.14. The van der Waals surface area contributed by atoms with Crippen LogP contribution in [-0.2, 0) is 6.42 Å². The van der Waals surface area contributed by atoms with Crippen molar-refractivity contribution in [2.45, 2.75) is 12.8 Å². The topological polar surface area (TPSA) is 12.0 Å².